The number of hydrogen-bond donors (Lipinski definition) is 1. The predicted molar refractivity (Wildman–Crippen MR) is 60.5 cm³/mol. The number of nitrogens with two attached hydrogens (primary N) is 1. The first-order valence-electron chi connectivity index (χ1n) is 4.59. The maximum absolute atomic E-state index is 11.9. The van der Waals surface area contributed by atoms with Gasteiger partial charge in [-0.2, -0.15) is 5.26 Å². The summed E-state index contributed by atoms with van der Waals surface area (Å²) in [6.07, 6.45) is 0. The molecule has 0 aliphatic carbocycles. The van der Waals surface area contributed by atoms with Gasteiger partial charge in [-0.15, -0.1) is 0 Å². The highest BCUT2D eigenvalue weighted by molar-refractivity contribution is 6.30. The van der Waals surface area contributed by atoms with Crippen molar-refractivity contribution >= 4 is 23.1 Å². The molecule has 0 radical (unpaired) electrons. The van der Waals surface area contributed by atoms with Gasteiger partial charge < -0.3 is 10.3 Å². The lowest BCUT2D eigenvalue weighted by Gasteiger charge is -1.97. The van der Waals surface area contributed by atoms with Crippen LogP contribution in [0.4, 0.5) is 5.69 Å². The van der Waals surface area contributed by atoms with Gasteiger partial charge in [-0.25, -0.2) is 0 Å². The van der Waals surface area contributed by atoms with Crippen LogP contribution >= 0.6 is 11.6 Å². The minimum atomic E-state index is -0.437. The Morgan fingerprint density at radius 1 is 1.41 bits per heavy atom. The topological polar surface area (TPSA) is 92.9 Å². The van der Waals surface area contributed by atoms with Gasteiger partial charge in [0.25, 0.3) is 0 Å². The molecule has 0 aliphatic rings. The van der Waals surface area contributed by atoms with E-state index in [9.17, 15) is 4.79 Å². The van der Waals surface area contributed by atoms with Crippen molar-refractivity contribution in [1.82, 2.24) is 5.16 Å². The third-order valence-corrected chi connectivity index (χ3v) is 2.40. The number of ketones is 1. The Hall–Kier alpha value is -2.32. The van der Waals surface area contributed by atoms with E-state index < -0.39 is 5.78 Å². The van der Waals surface area contributed by atoms with Crippen molar-refractivity contribution in [2.45, 2.75) is 0 Å². The Labute approximate surface area is 101 Å². The first-order chi connectivity index (χ1) is 8.13. The van der Waals surface area contributed by atoms with Gasteiger partial charge in [-0.3, -0.25) is 4.79 Å². The normalized spacial score (nSPS) is 9.88. The third-order valence-electron chi connectivity index (χ3n) is 2.15. The van der Waals surface area contributed by atoms with Crippen LogP contribution in [0, 0.1) is 11.3 Å². The molecule has 2 aromatic rings. The van der Waals surface area contributed by atoms with Gasteiger partial charge in [-0.05, 0) is 24.3 Å². The average molecular weight is 248 g/mol. The highest BCUT2D eigenvalue weighted by Crippen LogP contribution is 2.20. The summed E-state index contributed by atoms with van der Waals surface area (Å²) in [5.41, 5.74) is 5.78. The van der Waals surface area contributed by atoms with E-state index in [-0.39, 0.29) is 17.1 Å². The number of carbonyl (C=O) groups is 1. The number of nitriles is 1. The molecule has 0 fully saturated rings. The van der Waals surface area contributed by atoms with Crippen LogP contribution in [0.2, 0.25) is 5.02 Å². The van der Waals surface area contributed by atoms with E-state index in [2.05, 4.69) is 5.16 Å². The fraction of sp³-hybridized carbons (Fsp3) is 0. The standard InChI is InChI=1S/C11H6ClN3O2/c12-7-3-1-6(2-4-7)10(16)11-9(14)8(5-13)15-17-11/h1-4H,14H2. The predicted octanol–water partition coefficient (Wildman–Crippen LogP) is 2.01. The molecular formula is C11H6ClN3O2. The molecule has 2 N–H and O–H groups in total. The second-order valence-electron chi connectivity index (χ2n) is 3.22. The first kappa shape index (κ1) is 11.2. The quantitative estimate of drug-likeness (QED) is 0.820. The van der Waals surface area contributed by atoms with Crippen molar-refractivity contribution in [3.05, 3.63) is 46.3 Å². The summed E-state index contributed by atoms with van der Waals surface area (Å²) >= 11 is 5.71. The largest absolute Gasteiger partial charge is 0.393 e. The summed E-state index contributed by atoms with van der Waals surface area (Å²) in [7, 11) is 0. The van der Waals surface area contributed by atoms with Crippen molar-refractivity contribution < 1.29 is 9.32 Å². The van der Waals surface area contributed by atoms with Gasteiger partial charge in [0.1, 0.15) is 11.8 Å². The molecule has 84 valence electrons. The van der Waals surface area contributed by atoms with Crippen LogP contribution in [0.3, 0.4) is 0 Å². The minimum Gasteiger partial charge on any atom is -0.393 e. The maximum atomic E-state index is 11.9. The number of halogens is 1. The smallest absolute Gasteiger partial charge is 0.233 e. The van der Waals surface area contributed by atoms with E-state index in [4.69, 9.17) is 27.1 Å². The fourth-order valence-corrected chi connectivity index (χ4v) is 1.40. The zero-order valence-corrected chi connectivity index (χ0v) is 9.23. The van der Waals surface area contributed by atoms with Crippen molar-refractivity contribution in [2.75, 3.05) is 5.73 Å². The maximum Gasteiger partial charge on any atom is 0.233 e. The number of nitrogen functional groups attached to an aromatic ring is 1. The van der Waals surface area contributed by atoms with E-state index in [1.807, 2.05) is 0 Å². The van der Waals surface area contributed by atoms with Gasteiger partial charge in [0.15, 0.2) is 0 Å². The zero-order chi connectivity index (χ0) is 12.4. The molecule has 1 heterocycles. The average Bonchev–Trinajstić information content (AvgIpc) is 2.70. The summed E-state index contributed by atoms with van der Waals surface area (Å²) < 4.78 is 4.75. The van der Waals surface area contributed by atoms with Crippen LogP contribution in [0.25, 0.3) is 0 Å². The van der Waals surface area contributed by atoms with Crippen LogP contribution in [0.15, 0.2) is 28.8 Å². The molecule has 17 heavy (non-hydrogen) atoms. The van der Waals surface area contributed by atoms with Crippen molar-refractivity contribution in [3.8, 4) is 6.07 Å². The van der Waals surface area contributed by atoms with E-state index in [1.165, 1.54) is 0 Å². The molecule has 2 rings (SSSR count). The van der Waals surface area contributed by atoms with Gasteiger partial charge in [0.05, 0.1) is 0 Å². The highest BCUT2D eigenvalue weighted by Gasteiger charge is 2.21. The molecule has 0 bridgehead atoms. The Kier molecular flexibility index (Phi) is 2.81. The summed E-state index contributed by atoms with van der Waals surface area (Å²) in [5, 5.41) is 12.5. The zero-order valence-electron chi connectivity index (χ0n) is 8.48. The van der Waals surface area contributed by atoms with Crippen LogP contribution in [0.1, 0.15) is 21.8 Å². The number of carbonyl (C=O) groups excluding carboxylic acids is 1. The molecular weight excluding hydrogens is 242 g/mol. The molecule has 5 nitrogen and oxygen atoms in total. The highest BCUT2D eigenvalue weighted by atomic mass is 35.5. The van der Waals surface area contributed by atoms with Gasteiger partial charge in [-0.1, -0.05) is 16.8 Å². The van der Waals surface area contributed by atoms with E-state index in [1.54, 1.807) is 30.3 Å². The molecule has 0 unspecified atom stereocenters. The number of anilines is 1. The first-order valence-corrected chi connectivity index (χ1v) is 4.97. The van der Waals surface area contributed by atoms with Crippen LogP contribution in [0.5, 0.6) is 0 Å². The number of aromatic nitrogens is 1. The van der Waals surface area contributed by atoms with Crippen LogP contribution < -0.4 is 5.73 Å². The van der Waals surface area contributed by atoms with Crippen LogP contribution in [-0.2, 0) is 0 Å². The molecule has 1 aromatic carbocycles. The lowest BCUT2D eigenvalue weighted by atomic mass is 10.1. The van der Waals surface area contributed by atoms with E-state index in [0.717, 1.165) is 0 Å². The second-order valence-corrected chi connectivity index (χ2v) is 3.66. The summed E-state index contributed by atoms with van der Waals surface area (Å²) in [4.78, 5) is 11.9. The molecule has 1 aromatic heterocycles. The number of rotatable bonds is 2. The fourth-order valence-electron chi connectivity index (χ4n) is 1.27. The Bertz CT molecular complexity index is 611. The summed E-state index contributed by atoms with van der Waals surface area (Å²) in [6, 6.07) is 7.96. The lowest BCUT2D eigenvalue weighted by Crippen LogP contribution is -2.03. The molecule has 0 atom stereocenters. The SMILES string of the molecule is N#Cc1noc(C(=O)c2ccc(Cl)cc2)c1N. The van der Waals surface area contributed by atoms with Gasteiger partial charge in [0.2, 0.25) is 17.2 Å². The second kappa shape index (κ2) is 4.28. The van der Waals surface area contributed by atoms with Crippen LogP contribution in [-0.4, -0.2) is 10.9 Å². The van der Waals surface area contributed by atoms with Gasteiger partial charge in [0, 0.05) is 10.6 Å². The number of benzene rings is 1. The number of nitrogens with zero attached hydrogens (tertiary/aromatic N) is 2. The van der Waals surface area contributed by atoms with Crippen molar-refractivity contribution in [2.24, 2.45) is 0 Å². The molecule has 0 saturated heterocycles. The van der Waals surface area contributed by atoms with Crippen molar-refractivity contribution in [1.29, 1.82) is 5.26 Å². The Morgan fingerprint density at radius 2 is 2.06 bits per heavy atom. The monoisotopic (exact) mass is 247 g/mol. The van der Waals surface area contributed by atoms with E-state index in [0.29, 0.717) is 10.6 Å². The lowest BCUT2D eigenvalue weighted by molar-refractivity contribution is 0.100. The van der Waals surface area contributed by atoms with Gasteiger partial charge >= 0.3 is 0 Å². The minimum absolute atomic E-state index is 0.0487. The Morgan fingerprint density at radius 3 is 2.59 bits per heavy atom. The molecule has 0 amide bonds. The van der Waals surface area contributed by atoms with Crippen molar-refractivity contribution in [3.63, 3.8) is 0 Å². The third kappa shape index (κ3) is 1.98. The summed E-state index contributed by atoms with van der Waals surface area (Å²) in [6.45, 7) is 0. The summed E-state index contributed by atoms with van der Waals surface area (Å²) in [5.74, 6) is -0.572. The van der Waals surface area contributed by atoms with E-state index >= 15 is 0 Å². The molecule has 0 saturated carbocycles. The molecule has 6 heteroatoms. The number of hydrogen-bond acceptors (Lipinski definition) is 5. The molecule has 0 aliphatic heterocycles. The molecule has 0 spiro atoms. The Balaban J connectivity index is 2.41.